The molecule has 2 atom stereocenters. The predicted octanol–water partition coefficient (Wildman–Crippen LogP) is 2.00. The maximum Gasteiger partial charge on any atom is 0.391 e. The minimum Gasteiger partial charge on any atom is -0.352 e. The number of carbonyl (C=O) groups is 1. The molecule has 18 heavy (non-hydrogen) atoms. The SMILES string of the molecule is C=CCNCC(=O)NC1CCCC(C(F)(F)F)C1. The van der Waals surface area contributed by atoms with Crippen LogP contribution in [-0.4, -0.2) is 31.2 Å². The van der Waals surface area contributed by atoms with Gasteiger partial charge in [0, 0.05) is 12.6 Å². The van der Waals surface area contributed by atoms with E-state index in [1.807, 2.05) is 0 Å². The topological polar surface area (TPSA) is 41.1 Å². The van der Waals surface area contributed by atoms with E-state index in [0.29, 0.717) is 19.4 Å². The van der Waals surface area contributed by atoms with Crippen LogP contribution in [0.3, 0.4) is 0 Å². The summed E-state index contributed by atoms with van der Waals surface area (Å²) in [4.78, 5) is 11.5. The summed E-state index contributed by atoms with van der Waals surface area (Å²) < 4.78 is 37.7. The Kier molecular flexibility index (Phi) is 5.65. The molecule has 6 heteroatoms. The summed E-state index contributed by atoms with van der Waals surface area (Å²) in [7, 11) is 0. The van der Waals surface area contributed by atoms with Crippen LogP contribution in [0.1, 0.15) is 25.7 Å². The van der Waals surface area contributed by atoms with Crippen LogP contribution in [0.15, 0.2) is 12.7 Å². The van der Waals surface area contributed by atoms with Crippen LogP contribution in [0.25, 0.3) is 0 Å². The summed E-state index contributed by atoms with van der Waals surface area (Å²) in [5.74, 6) is -1.54. The lowest BCUT2D eigenvalue weighted by Gasteiger charge is -2.31. The highest BCUT2D eigenvalue weighted by Crippen LogP contribution is 2.37. The third kappa shape index (κ3) is 5.08. The van der Waals surface area contributed by atoms with Gasteiger partial charge in [-0.25, -0.2) is 0 Å². The van der Waals surface area contributed by atoms with E-state index in [1.165, 1.54) is 0 Å². The van der Waals surface area contributed by atoms with Gasteiger partial charge in [0.15, 0.2) is 0 Å². The standard InChI is InChI=1S/C12H19F3N2O/c1-2-6-16-8-11(18)17-10-5-3-4-9(7-10)12(13,14)15/h2,9-10,16H,1,3-8H2,(H,17,18). The molecule has 0 saturated heterocycles. The van der Waals surface area contributed by atoms with Crippen molar-refractivity contribution < 1.29 is 18.0 Å². The molecule has 0 bridgehead atoms. The normalized spacial score (nSPS) is 24.6. The Bertz CT molecular complexity index is 292. The Morgan fingerprint density at radius 1 is 1.39 bits per heavy atom. The molecule has 3 nitrogen and oxygen atoms in total. The highest BCUT2D eigenvalue weighted by Gasteiger charge is 2.42. The zero-order valence-electron chi connectivity index (χ0n) is 10.2. The van der Waals surface area contributed by atoms with Crippen LogP contribution >= 0.6 is 0 Å². The fourth-order valence-corrected chi connectivity index (χ4v) is 2.18. The molecule has 0 aromatic rings. The maximum absolute atomic E-state index is 12.6. The molecule has 1 fully saturated rings. The summed E-state index contributed by atoms with van der Waals surface area (Å²) in [5.41, 5.74) is 0. The molecular weight excluding hydrogens is 245 g/mol. The molecule has 1 rings (SSSR count). The number of halogens is 3. The maximum atomic E-state index is 12.6. The van der Waals surface area contributed by atoms with Crippen molar-refractivity contribution in [2.24, 2.45) is 5.92 Å². The molecule has 0 heterocycles. The number of alkyl halides is 3. The molecular formula is C12H19F3N2O. The van der Waals surface area contributed by atoms with Crippen molar-refractivity contribution in [3.05, 3.63) is 12.7 Å². The van der Waals surface area contributed by atoms with Gasteiger partial charge < -0.3 is 10.6 Å². The average molecular weight is 264 g/mol. The molecule has 1 amide bonds. The van der Waals surface area contributed by atoms with Crippen LogP contribution in [-0.2, 0) is 4.79 Å². The molecule has 2 unspecified atom stereocenters. The Labute approximate surface area is 105 Å². The van der Waals surface area contributed by atoms with Gasteiger partial charge in [0.2, 0.25) is 5.91 Å². The van der Waals surface area contributed by atoms with E-state index in [2.05, 4.69) is 17.2 Å². The van der Waals surface area contributed by atoms with Gasteiger partial charge in [-0.05, 0) is 19.3 Å². The lowest BCUT2D eigenvalue weighted by Crippen LogP contribution is -2.44. The predicted molar refractivity (Wildman–Crippen MR) is 63.0 cm³/mol. The van der Waals surface area contributed by atoms with Crippen LogP contribution in [0.2, 0.25) is 0 Å². The minimum absolute atomic E-state index is 0.00328. The lowest BCUT2D eigenvalue weighted by atomic mass is 9.85. The van der Waals surface area contributed by atoms with Gasteiger partial charge in [-0.3, -0.25) is 4.79 Å². The van der Waals surface area contributed by atoms with Gasteiger partial charge in [0.1, 0.15) is 0 Å². The second-order valence-electron chi connectivity index (χ2n) is 4.59. The number of rotatable bonds is 5. The third-order valence-corrected chi connectivity index (χ3v) is 3.08. The summed E-state index contributed by atoms with van der Waals surface area (Å²) in [6, 6.07) is -0.358. The van der Waals surface area contributed by atoms with E-state index in [9.17, 15) is 18.0 Å². The van der Waals surface area contributed by atoms with Gasteiger partial charge in [-0.1, -0.05) is 12.5 Å². The summed E-state index contributed by atoms with van der Waals surface area (Å²) in [6.07, 6.45) is -1.23. The highest BCUT2D eigenvalue weighted by atomic mass is 19.4. The number of amides is 1. The third-order valence-electron chi connectivity index (χ3n) is 3.08. The van der Waals surface area contributed by atoms with Crippen LogP contribution in [0.4, 0.5) is 13.2 Å². The molecule has 104 valence electrons. The largest absolute Gasteiger partial charge is 0.391 e. The second-order valence-corrected chi connectivity index (χ2v) is 4.59. The highest BCUT2D eigenvalue weighted by molar-refractivity contribution is 5.78. The van der Waals surface area contributed by atoms with Crippen LogP contribution in [0.5, 0.6) is 0 Å². The summed E-state index contributed by atoms with van der Waals surface area (Å²) >= 11 is 0. The van der Waals surface area contributed by atoms with Gasteiger partial charge >= 0.3 is 6.18 Å². The van der Waals surface area contributed by atoms with Gasteiger partial charge in [0.05, 0.1) is 12.5 Å². The van der Waals surface area contributed by atoms with Crippen molar-refractivity contribution in [3.8, 4) is 0 Å². The van der Waals surface area contributed by atoms with E-state index in [1.54, 1.807) is 6.08 Å². The molecule has 0 aromatic heterocycles. The summed E-state index contributed by atoms with van der Waals surface area (Å²) in [6.45, 7) is 4.10. The van der Waals surface area contributed by atoms with Crippen molar-refractivity contribution in [3.63, 3.8) is 0 Å². The Hall–Kier alpha value is -1.04. The molecule has 0 aliphatic heterocycles. The quantitative estimate of drug-likeness (QED) is 0.589. The average Bonchev–Trinajstić information content (AvgIpc) is 2.28. The van der Waals surface area contributed by atoms with Crippen molar-refractivity contribution in [1.29, 1.82) is 0 Å². The molecule has 0 aromatic carbocycles. The lowest BCUT2D eigenvalue weighted by molar-refractivity contribution is -0.184. The van der Waals surface area contributed by atoms with Crippen molar-refractivity contribution in [1.82, 2.24) is 10.6 Å². The summed E-state index contributed by atoms with van der Waals surface area (Å²) in [5, 5.41) is 5.46. The van der Waals surface area contributed by atoms with E-state index in [4.69, 9.17) is 0 Å². The molecule has 0 radical (unpaired) electrons. The molecule has 2 N–H and O–H groups in total. The van der Waals surface area contributed by atoms with E-state index >= 15 is 0 Å². The molecule has 0 spiro atoms. The van der Waals surface area contributed by atoms with Crippen LogP contribution in [0, 0.1) is 5.92 Å². The van der Waals surface area contributed by atoms with Gasteiger partial charge in [-0.2, -0.15) is 13.2 Å². The Morgan fingerprint density at radius 2 is 2.11 bits per heavy atom. The second kappa shape index (κ2) is 6.78. The number of carbonyl (C=O) groups excluding carboxylic acids is 1. The molecule has 1 aliphatic carbocycles. The zero-order valence-corrected chi connectivity index (χ0v) is 10.2. The van der Waals surface area contributed by atoms with Crippen molar-refractivity contribution >= 4 is 5.91 Å². The van der Waals surface area contributed by atoms with Crippen molar-refractivity contribution in [2.75, 3.05) is 13.1 Å². The first-order valence-electron chi connectivity index (χ1n) is 6.11. The van der Waals surface area contributed by atoms with Gasteiger partial charge in [-0.15, -0.1) is 6.58 Å². The first kappa shape index (κ1) is 15.0. The zero-order chi connectivity index (χ0) is 13.6. The minimum atomic E-state index is -4.15. The number of hydrogen-bond donors (Lipinski definition) is 2. The molecule has 1 saturated carbocycles. The first-order chi connectivity index (χ1) is 8.43. The van der Waals surface area contributed by atoms with Crippen molar-refractivity contribution in [2.45, 2.75) is 37.9 Å². The fourth-order valence-electron chi connectivity index (χ4n) is 2.18. The monoisotopic (exact) mass is 264 g/mol. The fraction of sp³-hybridized carbons (Fsp3) is 0.750. The van der Waals surface area contributed by atoms with Gasteiger partial charge in [0.25, 0.3) is 0 Å². The number of nitrogens with one attached hydrogen (secondary N) is 2. The van der Waals surface area contributed by atoms with Crippen LogP contribution < -0.4 is 10.6 Å². The number of hydrogen-bond acceptors (Lipinski definition) is 2. The smallest absolute Gasteiger partial charge is 0.352 e. The van der Waals surface area contributed by atoms with E-state index < -0.39 is 12.1 Å². The van der Waals surface area contributed by atoms with E-state index in [0.717, 1.165) is 0 Å². The first-order valence-corrected chi connectivity index (χ1v) is 6.11. The Balaban J connectivity index is 2.33. The molecule has 1 aliphatic rings. The Morgan fingerprint density at radius 3 is 2.72 bits per heavy atom. The van der Waals surface area contributed by atoms with E-state index in [-0.39, 0.29) is 31.3 Å².